The minimum absolute atomic E-state index is 0.159. The molecule has 0 unspecified atom stereocenters. The predicted molar refractivity (Wildman–Crippen MR) is 86.6 cm³/mol. The Balaban J connectivity index is 2.09. The van der Waals surface area contributed by atoms with Crippen LogP contribution in [-0.4, -0.2) is 13.0 Å². The van der Waals surface area contributed by atoms with Crippen LogP contribution in [0.15, 0.2) is 48.5 Å². The maximum Gasteiger partial charge on any atom is 0.248 e. The number of rotatable bonds is 4. The van der Waals surface area contributed by atoms with Crippen molar-refractivity contribution in [3.05, 3.63) is 65.2 Å². The van der Waals surface area contributed by atoms with Gasteiger partial charge in [-0.15, -0.1) is 0 Å². The second-order valence-electron chi connectivity index (χ2n) is 4.88. The van der Waals surface area contributed by atoms with Gasteiger partial charge in [0.1, 0.15) is 5.75 Å². The van der Waals surface area contributed by atoms with Gasteiger partial charge in [-0.05, 0) is 37.6 Å². The highest BCUT2D eigenvalue weighted by molar-refractivity contribution is 6.02. The lowest BCUT2D eigenvalue weighted by Crippen LogP contribution is -2.09. The molecule has 2 aromatic carbocycles. The van der Waals surface area contributed by atoms with Crippen LogP contribution in [0.4, 0.5) is 5.69 Å². The van der Waals surface area contributed by atoms with Crippen LogP contribution in [0.2, 0.25) is 0 Å². The summed E-state index contributed by atoms with van der Waals surface area (Å²) < 4.78 is 5.25. The number of hydrogen-bond donors (Lipinski definition) is 1. The Morgan fingerprint density at radius 1 is 1.14 bits per heavy atom. The quantitative estimate of drug-likeness (QED) is 0.861. The zero-order valence-electron chi connectivity index (χ0n) is 12.5. The van der Waals surface area contributed by atoms with Gasteiger partial charge in [-0.2, -0.15) is 0 Å². The molecule has 0 atom stereocenters. The van der Waals surface area contributed by atoms with Gasteiger partial charge in [0.2, 0.25) is 5.91 Å². The molecule has 0 saturated heterocycles. The van der Waals surface area contributed by atoms with Crippen molar-refractivity contribution >= 4 is 17.7 Å². The van der Waals surface area contributed by atoms with E-state index in [4.69, 9.17) is 4.74 Å². The Morgan fingerprint density at radius 3 is 2.62 bits per heavy atom. The number of carbonyl (C=O) groups excluding carboxylic acids is 1. The molecule has 0 aliphatic rings. The molecule has 2 aromatic rings. The number of nitrogens with one attached hydrogen (secondary N) is 1. The summed E-state index contributed by atoms with van der Waals surface area (Å²) in [6.07, 6.45) is 3.26. The standard InChI is InChI=1S/C18H19NO2/c1-13-8-10-16(14(2)12-13)19-18(20)11-9-15-6-4-5-7-17(15)21-3/h4-12H,1-3H3,(H,19,20). The molecule has 0 fully saturated rings. The lowest BCUT2D eigenvalue weighted by atomic mass is 10.1. The summed E-state index contributed by atoms with van der Waals surface area (Å²) in [5, 5.41) is 2.88. The SMILES string of the molecule is COc1ccccc1C=CC(=O)Nc1ccc(C)cc1C. The average molecular weight is 281 g/mol. The first-order valence-corrected chi connectivity index (χ1v) is 6.79. The Morgan fingerprint density at radius 2 is 1.90 bits per heavy atom. The first-order valence-electron chi connectivity index (χ1n) is 6.79. The lowest BCUT2D eigenvalue weighted by Gasteiger charge is -2.07. The zero-order chi connectivity index (χ0) is 15.2. The van der Waals surface area contributed by atoms with E-state index in [0.717, 1.165) is 22.6 Å². The van der Waals surface area contributed by atoms with E-state index in [2.05, 4.69) is 5.32 Å². The molecule has 21 heavy (non-hydrogen) atoms. The largest absolute Gasteiger partial charge is 0.496 e. The van der Waals surface area contributed by atoms with E-state index in [1.165, 1.54) is 11.6 Å². The second-order valence-corrected chi connectivity index (χ2v) is 4.88. The maximum atomic E-state index is 12.0. The summed E-state index contributed by atoms with van der Waals surface area (Å²) >= 11 is 0. The summed E-state index contributed by atoms with van der Waals surface area (Å²) in [6.45, 7) is 4.01. The monoisotopic (exact) mass is 281 g/mol. The summed E-state index contributed by atoms with van der Waals surface area (Å²) in [7, 11) is 1.61. The number of amides is 1. The first-order chi connectivity index (χ1) is 10.1. The molecule has 0 radical (unpaired) electrons. The molecule has 0 saturated carbocycles. The van der Waals surface area contributed by atoms with E-state index in [-0.39, 0.29) is 5.91 Å². The Hall–Kier alpha value is -2.55. The van der Waals surface area contributed by atoms with Gasteiger partial charge in [-0.3, -0.25) is 4.79 Å². The summed E-state index contributed by atoms with van der Waals surface area (Å²) in [4.78, 5) is 12.0. The normalized spacial score (nSPS) is 10.6. The third kappa shape index (κ3) is 3.96. The smallest absolute Gasteiger partial charge is 0.248 e. The third-order valence-corrected chi connectivity index (χ3v) is 3.19. The number of methoxy groups -OCH3 is 1. The molecule has 0 aromatic heterocycles. The molecule has 0 heterocycles. The highest BCUT2D eigenvalue weighted by Gasteiger charge is 2.02. The van der Waals surface area contributed by atoms with Gasteiger partial charge in [0.15, 0.2) is 0 Å². The van der Waals surface area contributed by atoms with Crippen LogP contribution in [0, 0.1) is 13.8 Å². The minimum atomic E-state index is -0.159. The van der Waals surface area contributed by atoms with E-state index in [1.54, 1.807) is 13.2 Å². The zero-order valence-corrected chi connectivity index (χ0v) is 12.5. The van der Waals surface area contributed by atoms with E-state index in [9.17, 15) is 4.79 Å². The first kappa shape index (κ1) is 14.9. The lowest BCUT2D eigenvalue weighted by molar-refractivity contribution is -0.111. The predicted octanol–water partition coefficient (Wildman–Crippen LogP) is 3.96. The Bertz CT molecular complexity index is 675. The molecule has 0 aliphatic heterocycles. The van der Waals surface area contributed by atoms with Crippen LogP contribution < -0.4 is 10.1 Å². The highest BCUT2D eigenvalue weighted by atomic mass is 16.5. The molecule has 3 nitrogen and oxygen atoms in total. The van der Waals surface area contributed by atoms with Crippen LogP contribution >= 0.6 is 0 Å². The number of benzene rings is 2. The van der Waals surface area contributed by atoms with Gasteiger partial charge in [0.25, 0.3) is 0 Å². The molecular formula is C18H19NO2. The topological polar surface area (TPSA) is 38.3 Å². The maximum absolute atomic E-state index is 12.0. The van der Waals surface area contributed by atoms with Crippen LogP contribution in [0.25, 0.3) is 6.08 Å². The number of aryl methyl sites for hydroxylation is 2. The van der Waals surface area contributed by atoms with Crippen molar-refractivity contribution in [3.8, 4) is 5.75 Å². The van der Waals surface area contributed by atoms with Gasteiger partial charge in [-0.1, -0.05) is 35.9 Å². The fraction of sp³-hybridized carbons (Fsp3) is 0.167. The summed E-state index contributed by atoms with van der Waals surface area (Å²) in [5.41, 5.74) is 3.93. The van der Waals surface area contributed by atoms with Gasteiger partial charge >= 0.3 is 0 Å². The number of anilines is 1. The van der Waals surface area contributed by atoms with Gasteiger partial charge < -0.3 is 10.1 Å². The average Bonchev–Trinajstić information content (AvgIpc) is 2.48. The highest BCUT2D eigenvalue weighted by Crippen LogP contribution is 2.19. The summed E-state index contributed by atoms with van der Waals surface area (Å²) in [5.74, 6) is 0.584. The molecule has 3 heteroatoms. The van der Waals surface area contributed by atoms with Crippen molar-refractivity contribution in [2.75, 3.05) is 12.4 Å². The van der Waals surface area contributed by atoms with Crippen molar-refractivity contribution in [2.24, 2.45) is 0 Å². The molecule has 1 N–H and O–H groups in total. The Kier molecular flexibility index (Phi) is 4.77. The molecule has 108 valence electrons. The van der Waals surface area contributed by atoms with Crippen molar-refractivity contribution in [3.63, 3.8) is 0 Å². The van der Waals surface area contributed by atoms with Crippen LogP contribution in [-0.2, 0) is 4.79 Å². The number of para-hydroxylation sites is 1. The fourth-order valence-corrected chi connectivity index (χ4v) is 2.10. The Labute approximate surface area is 125 Å². The molecule has 0 bridgehead atoms. The summed E-state index contributed by atoms with van der Waals surface area (Å²) in [6, 6.07) is 13.5. The molecule has 1 amide bonds. The van der Waals surface area contributed by atoms with Crippen LogP contribution in [0.5, 0.6) is 5.75 Å². The van der Waals surface area contributed by atoms with Crippen molar-refractivity contribution in [1.82, 2.24) is 0 Å². The third-order valence-electron chi connectivity index (χ3n) is 3.19. The van der Waals surface area contributed by atoms with Gasteiger partial charge in [0.05, 0.1) is 7.11 Å². The van der Waals surface area contributed by atoms with Crippen LogP contribution in [0.3, 0.4) is 0 Å². The molecule has 0 spiro atoms. The number of carbonyl (C=O) groups is 1. The second kappa shape index (κ2) is 6.75. The van der Waals surface area contributed by atoms with Crippen molar-refractivity contribution in [1.29, 1.82) is 0 Å². The van der Waals surface area contributed by atoms with Gasteiger partial charge in [0, 0.05) is 17.3 Å². The van der Waals surface area contributed by atoms with Crippen LogP contribution in [0.1, 0.15) is 16.7 Å². The van der Waals surface area contributed by atoms with E-state index in [1.807, 2.05) is 56.3 Å². The number of ether oxygens (including phenoxy) is 1. The van der Waals surface area contributed by atoms with E-state index < -0.39 is 0 Å². The molecular weight excluding hydrogens is 262 g/mol. The van der Waals surface area contributed by atoms with E-state index >= 15 is 0 Å². The van der Waals surface area contributed by atoms with Crippen molar-refractivity contribution in [2.45, 2.75) is 13.8 Å². The molecule has 0 aliphatic carbocycles. The fourth-order valence-electron chi connectivity index (χ4n) is 2.10. The number of hydrogen-bond acceptors (Lipinski definition) is 2. The van der Waals surface area contributed by atoms with Gasteiger partial charge in [-0.25, -0.2) is 0 Å². The van der Waals surface area contributed by atoms with Crippen molar-refractivity contribution < 1.29 is 9.53 Å². The van der Waals surface area contributed by atoms with E-state index in [0.29, 0.717) is 0 Å². The minimum Gasteiger partial charge on any atom is -0.496 e. The molecule has 2 rings (SSSR count).